The van der Waals surface area contributed by atoms with Crippen molar-refractivity contribution in [1.29, 1.82) is 0 Å². The van der Waals surface area contributed by atoms with Crippen molar-refractivity contribution in [3.05, 3.63) is 59.2 Å². The predicted octanol–water partition coefficient (Wildman–Crippen LogP) is 5.43. The summed E-state index contributed by atoms with van der Waals surface area (Å²) < 4.78 is 17.0. The topological polar surface area (TPSA) is 88.5 Å². The lowest BCUT2D eigenvalue weighted by Crippen LogP contribution is -2.33. The van der Waals surface area contributed by atoms with Crippen molar-refractivity contribution >= 4 is 17.4 Å². The summed E-state index contributed by atoms with van der Waals surface area (Å²) in [6, 6.07) is 11.5. The SMILES string of the molecule is CCCCOc1ccc([C@H]2C(=C(O)c3ccc(OCC)cc3)C(=O)C(=O)N2CCCN(CC)CC)cc1OC. The van der Waals surface area contributed by atoms with Crippen LogP contribution in [0.5, 0.6) is 17.2 Å². The third kappa shape index (κ3) is 7.12. The van der Waals surface area contributed by atoms with Crippen LogP contribution in [0.2, 0.25) is 0 Å². The zero-order chi connectivity index (χ0) is 28.4. The molecule has 0 aromatic heterocycles. The second-order valence-electron chi connectivity index (χ2n) is 9.44. The van der Waals surface area contributed by atoms with Gasteiger partial charge in [-0.2, -0.15) is 0 Å². The fraction of sp³-hybridized carbons (Fsp3) is 0.484. The Labute approximate surface area is 232 Å². The maximum atomic E-state index is 13.4. The molecule has 212 valence electrons. The number of nitrogens with zero attached hydrogens (tertiary/aromatic N) is 2. The zero-order valence-corrected chi connectivity index (χ0v) is 23.9. The molecule has 39 heavy (non-hydrogen) atoms. The van der Waals surface area contributed by atoms with E-state index in [1.54, 1.807) is 48.4 Å². The summed E-state index contributed by atoms with van der Waals surface area (Å²) in [7, 11) is 1.56. The van der Waals surface area contributed by atoms with Crippen LogP contribution in [0.25, 0.3) is 5.76 Å². The molecule has 1 amide bonds. The molecular formula is C31H42N2O6. The smallest absolute Gasteiger partial charge is 0.295 e. The van der Waals surface area contributed by atoms with E-state index in [-0.39, 0.29) is 11.3 Å². The molecule has 0 spiro atoms. The summed E-state index contributed by atoms with van der Waals surface area (Å²) >= 11 is 0. The summed E-state index contributed by atoms with van der Waals surface area (Å²) in [6.45, 7) is 12.3. The number of unbranched alkanes of at least 4 members (excludes halogenated alkanes) is 1. The van der Waals surface area contributed by atoms with Crippen LogP contribution in [0, 0.1) is 0 Å². The number of hydrogen-bond donors (Lipinski definition) is 1. The Morgan fingerprint density at radius 2 is 1.67 bits per heavy atom. The monoisotopic (exact) mass is 538 g/mol. The molecule has 0 bridgehead atoms. The van der Waals surface area contributed by atoms with Gasteiger partial charge in [-0.05, 0) is 81.4 Å². The molecule has 8 nitrogen and oxygen atoms in total. The van der Waals surface area contributed by atoms with Gasteiger partial charge in [-0.3, -0.25) is 9.59 Å². The Balaban J connectivity index is 2.04. The van der Waals surface area contributed by atoms with Crippen LogP contribution in [-0.2, 0) is 9.59 Å². The molecular weight excluding hydrogens is 496 g/mol. The number of likely N-dealkylation sites (tertiary alicyclic amines) is 1. The van der Waals surface area contributed by atoms with Gasteiger partial charge in [-0.15, -0.1) is 0 Å². The highest BCUT2D eigenvalue weighted by Gasteiger charge is 2.46. The van der Waals surface area contributed by atoms with Crippen LogP contribution in [0.4, 0.5) is 0 Å². The van der Waals surface area contributed by atoms with Crippen molar-refractivity contribution in [3.8, 4) is 17.2 Å². The second kappa shape index (κ2) is 14.6. The molecule has 1 aliphatic heterocycles. The summed E-state index contributed by atoms with van der Waals surface area (Å²) in [6.07, 6.45) is 2.62. The largest absolute Gasteiger partial charge is 0.507 e. The first kappa shape index (κ1) is 30.0. The van der Waals surface area contributed by atoms with Crippen LogP contribution in [0.1, 0.15) is 64.1 Å². The van der Waals surface area contributed by atoms with E-state index in [2.05, 4.69) is 25.7 Å². The van der Waals surface area contributed by atoms with Crippen LogP contribution in [-0.4, -0.2) is 73.1 Å². The number of ketones is 1. The second-order valence-corrected chi connectivity index (χ2v) is 9.44. The Morgan fingerprint density at radius 3 is 2.28 bits per heavy atom. The lowest BCUT2D eigenvalue weighted by atomic mass is 9.95. The van der Waals surface area contributed by atoms with Crippen molar-refractivity contribution in [2.45, 2.75) is 53.0 Å². The number of aliphatic hydroxyl groups is 1. The standard InChI is InChI=1S/C31H42N2O6/c1-6-10-20-39-25-17-14-23(21-26(25)37-5)28-27(29(34)22-12-15-24(16-13-22)38-9-4)30(35)31(36)33(28)19-11-18-32(7-2)8-3/h12-17,21,28,34H,6-11,18-20H2,1-5H3/t28-/m0/s1. The number of aliphatic hydroxyl groups excluding tert-OH is 1. The van der Waals surface area contributed by atoms with E-state index < -0.39 is 17.7 Å². The van der Waals surface area contributed by atoms with E-state index in [4.69, 9.17) is 14.2 Å². The third-order valence-corrected chi connectivity index (χ3v) is 7.01. The third-order valence-electron chi connectivity index (χ3n) is 7.01. The van der Waals surface area contributed by atoms with E-state index in [9.17, 15) is 14.7 Å². The normalized spacial score (nSPS) is 16.7. The summed E-state index contributed by atoms with van der Waals surface area (Å²) in [5.41, 5.74) is 1.17. The molecule has 0 radical (unpaired) electrons. The van der Waals surface area contributed by atoms with Gasteiger partial charge in [0.1, 0.15) is 11.5 Å². The highest BCUT2D eigenvalue weighted by molar-refractivity contribution is 6.46. The van der Waals surface area contributed by atoms with Gasteiger partial charge in [0.15, 0.2) is 11.5 Å². The van der Waals surface area contributed by atoms with Crippen LogP contribution in [0.3, 0.4) is 0 Å². The van der Waals surface area contributed by atoms with Gasteiger partial charge in [-0.1, -0.05) is 33.3 Å². The van der Waals surface area contributed by atoms with Gasteiger partial charge in [0.05, 0.1) is 31.9 Å². The number of methoxy groups -OCH3 is 1. The van der Waals surface area contributed by atoms with Crippen molar-refractivity contribution in [2.75, 3.05) is 46.5 Å². The van der Waals surface area contributed by atoms with Gasteiger partial charge in [0, 0.05) is 12.1 Å². The van der Waals surface area contributed by atoms with Crippen molar-refractivity contribution < 1.29 is 28.9 Å². The van der Waals surface area contributed by atoms with E-state index in [0.29, 0.717) is 54.6 Å². The number of Topliss-reactive ketones (excluding diaryl/α,β-unsaturated/α-hetero) is 1. The number of benzene rings is 2. The number of carbonyl (C=O) groups is 2. The fourth-order valence-electron chi connectivity index (χ4n) is 4.79. The maximum Gasteiger partial charge on any atom is 0.295 e. The van der Waals surface area contributed by atoms with Crippen molar-refractivity contribution in [2.24, 2.45) is 0 Å². The number of rotatable bonds is 15. The summed E-state index contributed by atoms with van der Waals surface area (Å²) in [4.78, 5) is 30.6. The molecule has 2 aromatic carbocycles. The maximum absolute atomic E-state index is 13.4. The highest BCUT2D eigenvalue weighted by Crippen LogP contribution is 2.42. The first-order chi connectivity index (χ1) is 18.9. The molecule has 2 aromatic rings. The minimum atomic E-state index is -0.758. The molecule has 1 fully saturated rings. The van der Waals surface area contributed by atoms with E-state index in [1.807, 2.05) is 13.0 Å². The minimum Gasteiger partial charge on any atom is -0.507 e. The predicted molar refractivity (Wildman–Crippen MR) is 152 cm³/mol. The molecule has 1 atom stereocenters. The van der Waals surface area contributed by atoms with Gasteiger partial charge in [0.2, 0.25) is 0 Å². The van der Waals surface area contributed by atoms with Gasteiger partial charge >= 0.3 is 0 Å². The van der Waals surface area contributed by atoms with Crippen molar-refractivity contribution in [1.82, 2.24) is 9.80 Å². The zero-order valence-electron chi connectivity index (χ0n) is 23.9. The number of carbonyl (C=O) groups excluding carboxylic acids is 2. The van der Waals surface area contributed by atoms with E-state index >= 15 is 0 Å². The molecule has 8 heteroatoms. The molecule has 1 heterocycles. The van der Waals surface area contributed by atoms with Crippen LogP contribution < -0.4 is 14.2 Å². The first-order valence-corrected chi connectivity index (χ1v) is 13.9. The summed E-state index contributed by atoms with van der Waals surface area (Å²) in [5.74, 6) is 0.240. The Kier molecular flexibility index (Phi) is 11.2. The Bertz CT molecular complexity index is 1140. The van der Waals surface area contributed by atoms with E-state index in [0.717, 1.165) is 32.5 Å². The molecule has 0 unspecified atom stereocenters. The lowest BCUT2D eigenvalue weighted by Gasteiger charge is -2.27. The molecule has 0 saturated carbocycles. The Morgan fingerprint density at radius 1 is 0.949 bits per heavy atom. The first-order valence-electron chi connectivity index (χ1n) is 13.9. The molecule has 1 aliphatic rings. The average Bonchev–Trinajstić information content (AvgIpc) is 3.20. The average molecular weight is 539 g/mol. The van der Waals surface area contributed by atoms with E-state index in [1.165, 1.54) is 0 Å². The number of hydrogen-bond acceptors (Lipinski definition) is 7. The quantitative estimate of drug-likeness (QED) is 0.140. The molecule has 0 aliphatic carbocycles. The summed E-state index contributed by atoms with van der Waals surface area (Å²) in [5, 5.41) is 11.4. The van der Waals surface area contributed by atoms with Gasteiger partial charge in [-0.25, -0.2) is 0 Å². The number of ether oxygens (including phenoxy) is 3. The minimum absolute atomic E-state index is 0.0636. The fourth-order valence-corrected chi connectivity index (χ4v) is 4.79. The van der Waals surface area contributed by atoms with Gasteiger partial charge < -0.3 is 29.1 Å². The molecule has 3 rings (SSSR count). The highest BCUT2D eigenvalue weighted by atomic mass is 16.5. The Hall–Kier alpha value is -3.52. The number of amides is 1. The molecule has 1 saturated heterocycles. The molecule has 1 N–H and O–H groups in total. The van der Waals surface area contributed by atoms with Crippen molar-refractivity contribution in [3.63, 3.8) is 0 Å². The van der Waals surface area contributed by atoms with Crippen LogP contribution >= 0.6 is 0 Å². The van der Waals surface area contributed by atoms with Gasteiger partial charge in [0.25, 0.3) is 11.7 Å². The van der Waals surface area contributed by atoms with Crippen LogP contribution in [0.15, 0.2) is 48.0 Å². The lowest BCUT2D eigenvalue weighted by molar-refractivity contribution is -0.140.